The van der Waals surface area contributed by atoms with Crippen LogP contribution in [0.5, 0.6) is 11.5 Å². The Kier molecular flexibility index (Phi) is 7.70. The van der Waals surface area contributed by atoms with E-state index in [2.05, 4.69) is 0 Å². The van der Waals surface area contributed by atoms with Crippen molar-refractivity contribution in [2.45, 2.75) is 58.2 Å². The highest BCUT2D eigenvalue weighted by molar-refractivity contribution is 5.95. The number of benzene rings is 2. The maximum atomic E-state index is 13.5. The van der Waals surface area contributed by atoms with E-state index in [0.29, 0.717) is 37.9 Å². The topological polar surface area (TPSA) is 66.8 Å². The van der Waals surface area contributed by atoms with Gasteiger partial charge in [-0.25, -0.2) is 0 Å². The van der Waals surface area contributed by atoms with Crippen molar-refractivity contribution >= 4 is 11.7 Å². The maximum Gasteiger partial charge on any atom is 0.416 e. The van der Waals surface area contributed by atoms with Crippen LogP contribution in [0.1, 0.15) is 61.5 Å². The van der Waals surface area contributed by atoms with Crippen molar-refractivity contribution in [3.8, 4) is 11.5 Å². The molecule has 0 aromatic heterocycles. The Hall–Kier alpha value is -2.87. The average Bonchev–Trinajstić information content (AvgIpc) is 2.78. The molecule has 1 heterocycles. The lowest BCUT2D eigenvalue weighted by Crippen LogP contribution is -2.49. The van der Waals surface area contributed by atoms with Gasteiger partial charge in [0.25, 0.3) is 0 Å². The number of Topliss-reactive ketones (excluding diaryl/α,β-unsaturated/α-hetero) is 1. The van der Waals surface area contributed by atoms with Gasteiger partial charge in [-0.05, 0) is 66.8 Å². The summed E-state index contributed by atoms with van der Waals surface area (Å²) in [6, 6.07) is 9.45. The highest BCUT2D eigenvalue weighted by atomic mass is 19.4. The summed E-state index contributed by atoms with van der Waals surface area (Å²) >= 11 is 0. The number of carbonyl (C=O) groups excluding carboxylic acids is 2. The number of alkyl halides is 3. The summed E-state index contributed by atoms with van der Waals surface area (Å²) in [7, 11) is 0. The van der Waals surface area contributed by atoms with Crippen LogP contribution < -0.4 is 4.74 Å². The molecule has 1 saturated heterocycles. The van der Waals surface area contributed by atoms with Crippen LogP contribution in [0.2, 0.25) is 0 Å². The van der Waals surface area contributed by atoms with Crippen molar-refractivity contribution in [1.82, 2.24) is 4.90 Å². The summed E-state index contributed by atoms with van der Waals surface area (Å²) in [6.45, 7) is 6.32. The smallest absolute Gasteiger partial charge is 0.416 e. The van der Waals surface area contributed by atoms with E-state index in [1.165, 1.54) is 18.2 Å². The predicted molar refractivity (Wildman–Crippen MR) is 122 cm³/mol. The Morgan fingerprint density at radius 2 is 1.68 bits per heavy atom. The first-order chi connectivity index (χ1) is 15.9. The highest BCUT2D eigenvalue weighted by Crippen LogP contribution is 2.35. The Labute approximate surface area is 197 Å². The summed E-state index contributed by atoms with van der Waals surface area (Å²) in [4.78, 5) is 26.2. The van der Waals surface area contributed by atoms with Gasteiger partial charge in [-0.15, -0.1) is 0 Å². The van der Waals surface area contributed by atoms with E-state index in [9.17, 15) is 27.9 Å². The second-order valence-corrected chi connectivity index (χ2v) is 9.08. The molecule has 0 bridgehead atoms. The zero-order valence-electron chi connectivity index (χ0n) is 19.6. The van der Waals surface area contributed by atoms with Gasteiger partial charge in [0.15, 0.2) is 5.78 Å². The number of nitrogens with zero attached hydrogens (tertiary/aromatic N) is 1. The first kappa shape index (κ1) is 25.7. The molecule has 184 valence electrons. The van der Waals surface area contributed by atoms with Gasteiger partial charge in [-0.3, -0.25) is 9.59 Å². The third-order valence-corrected chi connectivity index (χ3v) is 6.44. The standard InChI is InChI=1S/C26H30F3NO4/c1-4-23(31)19-5-7-21(8-6-19)34-22-14-18(13-20(16-22)26(27,28)29)15-24(32)30-11-9-25(33,10-12-30)17(2)3/h5-8,13-14,16-17,33H,4,9-12,15H2,1-3H3. The molecule has 1 aliphatic heterocycles. The molecule has 0 saturated carbocycles. The Morgan fingerprint density at radius 3 is 2.21 bits per heavy atom. The molecule has 5 nitrogen and oxygen atoms in total. The first-order valence-electron chi connectivity index (χ1n) is 11.4. The maximum absolute atomic E-state index is 13.5. The number of ketones is 1. The minimum Gasteiger partial charge on any atom is -0.457 e. The van der Waals surface area contributed by atoms with Gasteiger partial charge in [-0.2, -0.15) is 13.2 Å². The van der Waals surface area contributed by atoms with Crippen LogP contribution in [0.25, 0.3) is 0 Å². The van der Waals surface area contributed by atoms with Crippen molar-refractivity contribution in [1.29, 1.82) is 0 Å². The summed E-state index contributed by atoms with van der Waals surface area (Å²) in [5, 5.41) is 10.6. The van der Waals surface area contributed by atoms with Crippen LogP contribution in [0, 0.1) is 5.92 Å². The second-order valence-electron chi connectivity index (χ2n) is 9.08. The molecule has 34 heavy (non-hydrogen) atoms. The molecule has 1 amide bonds. The van der Waals surface area contributed by atoms with E-state index < -0.39 is 17.3 Å². The number of ether oxygens (including phenoxy) is 1. The fourth-order valence-corrected chi connectivity index (χ4v) is 4.04. The van der Waals surface area contributed by atoms with Crippen LogP contribution in [0.4, 0.5) is 13.2 Å². The largest absolute Gasteiger partial charge is 0.457 e. The number of aliphatic hydroxyl groups is 1. The van der Waals surface area contributed by atoms with Gasteiger partial charge in [0.2, 0.25) is 5.91 Å². The van der Waals surface area contributed by atoms with E-state index in [4.69, 9.17) is 4.74 Å². The van der Waals surface area contributed by atoms with Gasteiger partial charge in [0.05, 0.1) is 17.6 Å². The minimum atomic E-state index is -4.60. The quantitative estimate of drug-likeness (QED) is 0.524. The number of halogens is 3. The van der Waals surface area contributed by atoms with Crippen molar-refractivity contribution < 1.29 is 32.6 Å². The molecule has 2 aromatic carbocycles. The van der Waals surface area contributed by atoms with E-state index in [-0.39, 0.29) is 41.1 Å². The van der Waals surface area contributed by atoms with E-state index in [1.54, 1.807) is 24.0 Å². The molecule has 1 N–H and O–H groups in total. The fourth-order valence-electron chi connectivity index (χ4n) is 4.04. The monoisotopic (exact) mass is 477 g/mol. The molecule has 8 heteroatoms. The third-order valence-electron chi connectivity index (χ3n) is 6.44. The molecule has 0 aliphatic carbocycles. The molecule has 0 spiro atoms. The van der Waals surface area contributed by atoms with Crippen LogP contribution in [0.15, 0.2) is 42.5 Å². The predicted octanol–water partition coefficient (Wildman–Crippen LogP) is 5.64. The summed E-state index contributed by atoms with van der Waals surface area (Å²) in [6.07, 6.45) is -3.59. The van der Waals surface area contributed by atoms with E-state index in [0.717, 1.165) is 12.1 Å². The number of rotatable bonds is 7. The average molecular weight is 478 g/mol. The highest BCUT2D eigenvalue weighted by Gasteiger charge is 2.36. The van der Waals surface area contributed by atoms with Crippen LogP contribution >= 0.6 is 0 Å². The van der Waals surface area contributed by atoms with Crippen molar-refractivity contribution in [3.63, 3.8) is 0 Å². The number of hydrogen-bond donors (Lipinski definition) is 1. The number of hydrogen-bond acceptors (Lipinski definition) is 4. The SMILES string of the molecule is CCC(=O)c1ccc(Oc2cc(CC(=O)N3CCC(O)(C(C)C)CC3)cc(C(F)(F)F)c2)cc1. The zero-order chi connectivity index (χ0) is 25.1. The molecule has 3 rings (SSSR count). The van der Waals surface area contributed by atoms with Gasteiger partial charge in [-0.1, -0.05) is 20.8 Å². The molecule has 2 aromatic rings. The van der Waals surface area contributed by atoms with E-state index in [1.807, 2.05) is 13.8 Å². The van der Waals surface area contributed by atoms with E-state index >= 15 is 0 Å². The minimum absolute atomic E-state index is 0.0416. The molecule has 0 atom stereocenters. The molecular weight excluding hydrogens is 447 g/mol. The van der Waals surface area contributed by atoms with Crippen molar-refractivity contribution in [2.75, 3.05) is 13.1 Å². The Morgan fingerprint density at radius 1 is 1.06 bits per heavy atom. The first-order valence-corrected chi connectivity index (χ1v) is 11.4. The molecule has 1 fully saturated rings. The second kappa shape index (κ2) is 10.2. The number of piperidine rings is 1. The summed E-state index contributed by atoms with van der Waals surface area (Å²) in [5.41, 5.74) is -1.04. The lowest BCUT2D eigenvalue weighted by Gasteiger charge is -2.40. The lowest BCUT2D eigenvalue weighted by molar-refractivity contribution is -0.138. The molecular formula is C26H30F3NO4. The summed E-state index contributed by atoms with van der Waals surface area (Å²) in [5.74, 6) is -0.0372. The zero-order valence-corrected chi connectivity index (χ0v) is 19.6. The van der Waals surface area contributed by atoms with Gasteiger partial charge in [0.1, 0.15) is 11.5 Å². The molecule has 1 aliphatic rings. The van der Waals surface area contributed by atoms with Gasteiger partial charge >= 0.3 is 6.18 Å². The van der Waals surface area contributed by atoms with Crippen LogP contribution in [0.3, 0.4) is 0 Å². The molecule has 0 unspecified atom stereocenters. The normalized spacial score (nSPS) is 15.9. The Balaban J connectivity index is 1.77. The number of carbonyl (C=O) groups is 2. The fraction of sp³-hybridized carbons (Fsp3) is 0.462. The van der Waals surface area contributed by atoms with Crippen LogP contribution in [-0.2, 0) is 17.4 Å². The molecule has 0 radical (unpaired) electrons. The van der Waals surface area contributed by atoms with Crippen LogP contribution in [-0.4, -0.2) is 40.4 Å². The number of amides is 1. The van der Waals surface area contributed by atoms with Crippen molar-refractivity contribution in [3.05, 3.63) is 59.2 Å². The lowest BCUT2D eigenvalue weighted by atomic mass is 9.81. The van der Waals surface area contributed by atoms with Crippen molar-refractivity contribution in [2.24, 2.45) is 5.92 Å². The van der Waals surface area contributed by atoms with Gasteiger partial charge < -0.3 is 14.7 Å². The summed E-state index contributed by atoms with van der Waals surface area (Å²) < 4.78 is 46.1. The Bertz CT molecular complexity index is 1020. The third kappa shape index (κ3) is 6.17. The number of likely N-dealkylation sites (tertiary alicyclic amines) is 1. The van der Waals surface area contributed by atoms with Gasteiger partial charge in [0, 0.05) is 25.1 Å².